The van der Waals surface area contributed by atoms with Crippen LogP contribution in [0.2, 0.25) is 0 Å². The fourth-order valence-electron chi connectivity index (χ4n) is 4.09. The molecular formula is C25H21FN4O2. The smallest absolute Gasteiger partial charge is 0.255 e. The van der Waals surface area contributed by atoms with Crippen molar-refractivity contribution in [3.8, 4) is 5.75 Å². The molecule has 1 amide bonds. The van der Waals surface area contributed by atoms with Crippen LogP contribution in [0.25, 0.3) is 11.0 Å². The zero-order chi connectivity index (χ0) is 22.2. The quantitative estimate of drug-likeness (QED) is 0.474. The molecule has 6 nitrogen and oxygen atoms in total. The highest BCUT2D eigenvalue weighted by Gasteiger charge is 2.34. The van der Waals surface area contributed by atoms with Gasteiger partial charge in [-0.25, -0.2) is 9.37 Å². The van der Waals surface area contributed by atoms with Crippen LogP contribution in [0.4, 0.5) is 16.0 Å². The highest BCUT2D eigenvalue weighted by atomic mass is 19.1. The van der Waals surface area contributed by atoms with Crippen LogP contribution >= 0.6 is 0 Å². The SMILES string of the molecule is COc1ccc(C2C(C(=O)Nc3ccc(F)cc3)=C(C)Nc3nc4ccccc4n32)cc1. The first kappa shape index (κ1) is 19.8. The summed E-state index contributed by atoms with van der Waals surface area (Å²) in [6, 6.07) is 20.8. The van der Waals surface area contributed by atoms with Gasteiger partial charge in [-0.05, 0) is 61.0 Å². The number of rotatable bonds is 4. The van der Waals surface area contributed by atoms with Crippen molar-refractivity contribution in [3.63, 3.8) is 0 Å². The van der Waals surface area contributed by atoms with Crippen molar-refractivity contribution in [1.82, 2.24) is 9.55 Å². The Morgan fingerprint density at radius 1 is 1.06 bits per heavy atom. The number of nitrogens with one attached hydrogen (secondary N) is 2. The van der Waals surface area contributed by atoms with E-state index in [2.05, 4.69) is 10.6 Å². The van der Waals surface area contributed by atoms with Gasteiger partial charge in [0.25, 0.3) is 5.91 Å². The molecule has 2 N–H and O–H groups in total. The number of methoxy groups -OCH3 is 1. The average Bonchev–Trinajstić information content (AvgIpc) is 3.17. The van der Waals surface area contributed by atoms with Crippen molar-refractivity contribution in [1.29, 1.82) is 0 Å². The largest absolute Gasteiger partial charge is 0.497 e. The number of hydrogen-bond acceptors (Lipinski definition) is 4. The number of fused-ring (bicyclic) bond motifs is 3. The number of hydrogen-bond donors (Lipinski definition) is 2. The van der Waals surface area contributed by atoms with Crippen LogP contribution in [0.5, 0.6) is 5.75 Å². The molecule has 5 rings (SSSR count). The Balaban J connectivity index is 1.64. The van der Waals surface area contributed by atoms with Gasteiger partial charge in [0.2, 0.25) is 5.95 Å². The van der Waals surface area contributed by atoms with Gasteiger partial charge in [0.1, 0.15) is 11.6 Å². The van der Waals surface area contributed by atoms with Gasteiger partial charge in [0.15, 0.2) is 0 Å². The number of amides is 1. The molecular weight excluding hydrogens is 407 g/mol. The lowest BCUT2D eigenvalue weighted by Gasteiger charge is -2.30. The number of carbonyl (C=O) groups excluding carboxylic acids is 1. The number of benzene rings is 3. The van der Waals surface area contributed by atoms with Crippen molar-refractivity contribution in [2.45, 2.75) is 13.0 Å². The molecule has 0 bridgehead atoms. The third kappa shape index (κ3) is 3.37. The van der Waals surface area contributed by atoms with Gasteiger partial charge in [-0.1, -0.05) is 24.3 Å². The van der Waals surface area contributed by atoms with Crippen LogP contribution in [0, 0.1) is 5.82 Å². The summed E-state index contributed by atoms with van der Waals surface area (Å²) >= 11 is 0. The van der Waals surface area contributed by atoms with E-state index >= 15 is 0 Å². The zero-order valence-electron chi connectivity index (χ0n) is 17.6. The summed E-state index contributed by atoms with van der Waals surface area (Å²) in [5, 5.41) is 6.18. The van der Waals surface area contributed by atoms with E-state index < -0.39 is 6.04 Å². The molecule has 7 heteroatoms. The van der Waals surface area contributed by atoms with E-state index in [0.29, 0.717) is 22.9 Å². The topological polar surface area (TPSA) is 68.2 Å². The molecule has 1 aliphatic rings. The van der Waals surface area contributed by atoms with Crippen molar-refractivity contribution in [2.75, 3.05) is 17.7 Å². The van der Waals surface area contributed by atoms with E-state index in [9.17, 15) is 9.18 Å². The molecule has 0 aliphatic carbocycles. The predicted octanol–water partition coefficient (Wildman–Crippen LogP) is 5.11. The first-order valence-corrected chi connectivity index (χ1v) is 10.2. The molecule has 3 aromatic carbocycles. The third-order valence-electron chi connectivity index (χ3n) is 5.61. The first-order chi connectivity index (χ1) is 15.5. The van der Waals surface area contributed by atoms with Gasteiger partial charge in [0, 0.05) is 11.4 Å². The minimum absolute atomic E-state index is 0.272. The number of aromatic nitrogens is 2. The van der Waals surface area contributed by atoms with E-state index in [0.717, 1.165) is 22.3 Å². The monoisotopic (exact) mass is 428 g/mol. The normalized spacial score (nSPS) is 15.3. The average molecular weight is 428 g/mol. The number of imidazole rings is 1. The Morgan fingerprint density at radius 3 is 2.50 bits per heavy atom. The highest BCUT2D eigenvalue weighted by Crippen LogP contribution is 2.39. The Labute approximate surface area is 184 Å². The second-order valence-electron chi connectivity index (χ2n) is 7.59. The molecule has 2 heterocycles. The lowest BCUT2D eigenvalue weighted by molar-refractivity contribution is -0.113. The number of ether oxygens (including phenoxy) is 1. The molecule has 1 aromatic heterocycles. The molecule has 0 radical (unpaired) electrons. The van der Waals surface area contributed by atoms with Crippen LogP contribution in [-0.2, 0) is 4.79 Å². The molecule has 4 aromatic rings. The molecule has 0 fully saturated rings. The molecule has 0 saturated heterocycles. The van der Waals surface area contributed by atoms with Crippen molar-refractivity contribution >= 4 is 28.6 Å². The molecule has 0 spiro atoms. The minimum Gasteiger partial charge on any atom is -0.497 e. The number of para-hydroxylation sites is 2. The fourth-order valence-corrected chi connectivity index (χ4v) is 4.09. The van der Waals surface area contributed by atoms with E-state index in [1.807, 2.05) is 60.0 Å². The summed E-state index contributed by atoms with van der Waals surface area (Å²) < 4.78 is 20.7. The van der Waals surface area contributed by atoms with E-state index in [1.165, 1.54) is 12.1 Å². The Morgan fingerprint density at radius 2 is 1.78 bits per heavy atom. The Kier molecular flexibility index (Phi) is 4.86. The van der Waals surface area contributed by atoms with Gasteiger partial charge in [-0.3, -0.25) is 9.36 Å². The van der Waals surface area contributed by atoms with E-state index in [1.54, 1.807) is 19.2 Å². The number of allylic oxidation sites excluding steroid dienone is 1. The van der Waals surface area contributed by atoms with Crippen molar-refractivity contribution in [2.24, 2.45) is 0 Å². The second kappa shape index (κ2) is 7.85. The number of halogens is 1. The molecule has 160 valence electrons. The molecule has 0 saturated carbocycles. The lowest BCUT2D eigenvalue weighted by Crippen LogP contribution is -2.30. The van der Waals surface area contributed by atoms with Gasteiger partial charge in [-0.15, -0.1) is 0 Å². The van der Waals surface area contributed by atoms with E-state index in [-0.39, 0.29) is 11.7 Å². The lowest BCUT2D eigenvalue weighted by atomic mass is 9.94. The van der Waals surface area contributed by atoms with Crippen LogP contribution in [0.15, 0.2) is 84.1 Å². The zero-order valence-corrected chi connectivity index (χ0v) is 17.6. The van der Waals surface area contributed by atoms with Crippen molar-refractivity contribution in [3.05, 3.63) is 95.4 Å². The Bertz CT molecular complexity index is 1340. The minimum atomic E-state index is -0.412. The second-order valence-corrected chi connectivity index (χ2v) is 7.59. The maximum Gasteiger partial charge on any atom is 0.255 e. The van der Waals surface area contributed by atoms with Crippen LogP contribution in [0.3, 0.4) is 0 Å². The summed E-state index contributed by atoms with van der Waals surface area (Å²) in [4.78, 5) is 18.2. The van der Waals surface area contributed by atoms with Gasteiger partial charge in [0.05, 0.1) is 29.8 Å². The first-order valence-electron chi connectivity index (χ1n) is 10.2. The summed E-state index contributed by atoms with van der Waals surface area (Å²) in [6.07, 6.45) is 0. The molecule has 32 heavy (non-hydrogen) atoms. The third-order valence-corrected chi connectivity index (χ3v) is 5.61. The number of nitrogens with zero attached hydrogens (tertiary/aromatic N) is 2. The van der Waals surface area contributed by atoms with Crippen LogP contribution in [0.1, 0.15) is 18.5 Å². The van der Waals surface area contributed by atoms with Crippen molar-refractivity contribution < 1.29 is 13.9 Å². The van der Waals surface area contributed by atoms with Gasteiger partial charge < -0.3 is 15.4 Å². The molecule has 1 atom stereocenters. The maximum atomic E-state index is 13.5. The van der Waals surface area contributed by atoms with Crippen LogP contribution in [-0.4, -0.2) is 22.6 Å². The molecule has 1 aliphatic heterocycles. The number of carbonyl (C=O) groups is 1. The maximum absolute atomic E-state index is 13.5. The molecule has 1 unspecified atom stereocenters. The summed E-state index contributed by atoms with van der Waals surface area (Å²) in [6.45, 7) is 1.86. The van der Waals surface area contributed by atoms with E-state index in [4.69, 9.17) is 9.72 Å². The summed E-state index contributed by atoms with van der Waals surface area (Å²) in [5.41, 5.74) is 4.44. The van der Waals surface area contributed by atoms with Crippen LogP contribution < -0.4 is 15.4 Å². The van der Waals surface area contributed by atoms with Gasteiger partial charge >= 0.3 is 0 Å². The summed E-state index contributed by atoms with van der Waals surface area (Å²) in [5.74, 6) is 0.772. The fraction of sp³-hybridized carbons (Fsp3) is 0.120. The standard InChI is InChI=1S/C25H21FN4O2/c1-15-22(24(31)28-18-11-9-17(26)10-12-18)23(16-7-13-19(32-2)14-8-16)30-21-6-4-3-5-20(21)29-25(30)27-15/h3-14,23H,1-2H3,(H,27,29)(H,28,31). The predicted molar refractivity (Wildman–Crippen MR) is 122 cm³/mol. The Hall–Kier alpha value is -4.13. The summed E-state index contributed by atoms with van der Waals surface area (Å²) in [7, 11) is 1.62. The highest BCUT2D eigenvalue weighted by molar-refractivity contribution is 6.06. The van der Waals surface area contributed by atoms with Gasteiger partial charge in [-0.2, -0.15) is 0 Å². The number of anilines is 2.